The lowest BCUT2D eigenvalue weighted by Crippen LogP contribution is -2.03. The van der Waals surface area contributed by atoms with Gasteiger partial charge in [0, 0.05) is 24.2 Å². The average Bonchev–Trinajstić information content (AvgIpc) is 2.55. The van der Waals surface area contributed by atoms with Gasteiger partial charge in [-0.25, -0.2) is 4.79 Å². The molecular weight excluding hydrogens is 206 g/mol. The normalized spacial score (nSPS) is 10.6. The molecule has 0 unspecified atom stereocenters. The molecule has 0 aliphatic carbocycles. The minimum atomic E-state index is -0.971. The highest BCUT2D eigenvalue weighted by atomic mass is 16.4. The van der Waals surface area contributed by atoms with Crippen molar-refractivity contribution >= 4 is 23.2 Å². The first-order valence-electron chi connectivity index (χ1n) is 4.83. The second-order valence-corrected chi connectivity index (χ2v) is 3.77. The summed E-state index contributed by atoms with van der Waals surface area (Å²) < 4.78 is 1.68. The van der Waals surface area contributed by atoms with E-state index >= 15 is 0 Å². The molecule has 0 aliphatic rings. The lowest BCUT2D eigenvalue weighted by atomic mass is 10.0. The van der Waals surface area contributed by atoms with Crippen molar-refractivity contribution in [1.82, 2.24) is 4.57 Å². The molecule has 1 heterocycles. The summed E-state index contributed by atoms with van der Waals surface area (Å²) in [5, 5.41) is 9.85. The molecule has 0 spiro atoms. The molecule has 0 atom stereocenters. The van der Waals surface area contributed by atoms with Crippen LogP contribution >= 0.6 is 0 Å². The highest BCUT2D eigenvalue weighted by Crippen LogP contribution is 2.25. The molecule has 0 radical (unpaired) electrons. The zero-order valence-corrected chi connectivity index (χ0v) is 9.02. The molecule has 2 rings (SSSR count). The second-order valence-electron chi connectivity index (χ2n) is 3.77. The zero-order chi connectivity index (χ0) is 11.9. The number of carboxylic acids is 1. The van der Waals surface area contributed by atoms with Gasteiger partial charge in [0.05, 0.1) is 11.1 Å². The van der Waals surface area contributed by atoms with Crippen molar-refractivity contribution in [3.63, 3.8) is 0 Å². The van der Waals surface area contributed by atoms with Crippen LogP contribution < -0.4 is 0 Å². The number of hydrogen-bond acceptors (Lipinski definition) is 2. The third-order valence-electron chi connectivity index (χ3n) is 2.72. The number of fused-ring (bicyclic) bond motifs is 1. The van der Waals surface area contributed by atoms with Crippen molar-refractivity contribution in [2.45, 2.75) is 6.92 Å². The SMILES string of the molecule is Cc1ccc2c(C=O)cn(C)c2c1C(=O)O. The summed E-state index contributed by atoms with van der Waals surface area (Å²) in [5.41, 5.74) is 2.06. The number of nitrogens with zero attached hydrogens (tertiary/aromatic N) is 1. The van der Waals surface area contributed by atoms with Crippen LogP contribution in [0.3, 0.4) is 0 Å². The number of carbonyl (C=O) groups is 2. The molecule has 2 aromatic rings. The molecule has 4 heteroatoms. The standard InChI is InChI=1S/C12H11NO3/c1-7-3-4-9-8(6-14)5-13(2)11(9)10(7)12(15)16/h3-6H,1-2H3,(H,15,16). The Kier molecular flexibility index (Phi) is 2.27. The van der Waals surface area contributed by atoms with E-state index in [0.717, 1.165) is 6.29 Å². The van der Waals surface area contributed by atoms with Gasteiger partial charge in [-0.1, -0.05) is 12.1 Å². The third kappa shape index (κ3) is 1.31. The fraction of sp³-hybridized carbons (Fsp3) is 0.167. The molecule has 1 aromatic carbocycles. The molecule has 16 heavy (non-hydrogen) atoms. The molecule has 1 N–H and O–H groups in total. The van der Waals surface area contributed by atoms with Crippen LogP contribution in [0.5, 0.6) is 0 Å². The van der Waals surface area contributed by atoms with E-state index in [0.29, 0.717) is 22.0 Å². The number of aldehydes is 1. The molecule has 1 aromatic heterocycles. The topological polar surface area (TPSA) is 59.3 Å². The Hall–Kier alpha value is -2.10. The van der Waals surface area contributed by atoms with Crippen LogP contribution in [0.2, 0.25) is 0 Å². The number of carboxylic acid groups (broad SMARTS) is 1. The van der Waals surface area contributed by atoms with Crippen LogP contribution in [0.15, 0.2) is 18.3 Å². The van der Waals surface area contributed by atoms with E-state index < -0.39 is 5.97 Å². The van der Waals surface area contributed by atoms with Crippen LogP contribution in [0.4, 0.5) is 0 Å². The summed E-state index contributed by atoms with van der Waals surface area (Å²) in [7, 11) is 1.74. The van der Waals surface area contributed by atoms with Crippen LogP contribution in [0.1, 0.15) is 26.3 Å². The Morgan fingerprint density at radius 3 is 2.69 bits per heavy atom. The number of hydrogen-bond donors (Lipinski definition) is 1. The molecule has 0 bridgehead atoms. The van der Waals surface area contributed by atoms with Crippen molar-refractivity contribution in [3.8, 4) is 0 Å². The number of rotatable bonds is 2. The van der Waals surface area contributed by atoms with Crippen molar-refractivity contribution < 1.29 is 14.7 Å². The van der Waals surface area contributed by atoms with Crippen molar-refractivity contribution in [1.29, 1.82) is 0 Å². The summed E-state index contributed by atoms with van der Waals surface area (Å²) >= 11 is 0. The van der Waals surface area contributed by atoms with E-state index in [1.165, 1.54) is 0 Å². The predicted octanol–water partition coefficient (Wildman–Crippen LogP) is 2.00. The largest absolute Gasteiger partial charge is 0.478 e. The quantitative estimate of drug-likeness (QED) is 0.782. The molecule has 0 saturated heterocycles. The third-order valence-corrected chi connectivity index (χ3v) is 2.72. The molecule has 0 fully saturated rings. The Balaban J connectivity index is 2.98. The minimum absolute atomic E-state index is 0.258. The first kappa shape index (κ1) is 10.4. The van der Waals surface area contributed by atoms with Crippen LogP contribution in [0.25, 0.3) is 10.9 Å². The molecule has 0 amide bonds. The van der Waals surface area contributed by atoms with E-state index in [1.54, 1.807) is 36.9 Å². The summed E-state index contributed by atoms with van der Waals surface area (Å²) in [4.78, 5) is 22.0. The molecule has 0 aliphatic heterocycles. The molecule has 0 saturated carbocycles. The minimum Gasteiger partial charge on any atom is -0.478 e. The van der Waals surface area contributed by atoms with Gasteiger partial charge >= 0.3 is 5.97 Å². The van der Waals surface area contributed by atoms with E-state index in [9.17, 15) is 9.59 Å². The fourth-order valence-corrected chi connectivity index (χ4v) is 2.00. The molecule has 4 nitrogen and oxygen atoms in total. The molecule has 82 valence electrons. The van der Waals surface area contributed by atoms with Gasteiger partial charge in [-0.3, -0.25) is 4.79 Å². The summed E-state index contributed by atoms with van der Waals surface area (Å²) in [5.74, 6) is -0.971. The zero-order valence-electron chi connectivity index (χ0n) is 9.02. The van der Waals surface area contributed by atoms with Crippen molar-refractivity contribution in [2.75, 3.05) is 0 Å². The Morgan fingerprint density at radius 1 is 1.44 bits per heavy atom. The first-order chi connectivity index (χ1) is 7.56. The van der Waals surface area contributed by atoms with Crippen LogP contribution in [-0.4, -0.2) is 21.9 Å². The highest BCUT2D eigenvalue weighted by molar-refractivity contribution is 6.08. The number of aromatic nitrogens is 1. The van der Waals surface area contributed by atoms with Gasteiger partial charge in [0.1, 0.15) is 0 Å². The number of aromatic carboxylic acids is 1. The summed E-state index contributed by atoms with van der Waals surface area (Å²) in [6, 6.07) is 3.50. The van der Waals surface area contributed by atoms with E-state index in [1.807, 2.05) is 0 Å². The van der Waals surface area contributed by atoms with Gasteiger partial charge in [-0.05, 0) is 12.5 Å². The Morgan fingerprint density at radius 2 is 2.12 bits per heavy atom. The van der Waals surface area contributed by atoms with Crippen molar-refractivity contribution in [3.05, 3.63) is 35.0 Å². The highest BCUT2D eigenvalue weighted by Gasteiger charge is 2.16. The van der Waals surface area contributed by atoms with Crippen LogP contribution in [0, 0.1) is 6.92 Å². The number of aryl methyl sites for hydroxylation is 2. The fourth-order valence-electron chi connectivity index (χ4n) is 2.00. The Bertz CT molecular complexity index is 596. The van der Waals surface area contributed by atoms with Gasteiger partial charge in [0.25, 0.3) is 0 Å². The predicted molar refractivity (Wildman–Crippen MR) is 60.0 cm³/mol. The summed E-state index contributed by atoms with van der Waals surface area (Å²) in [6.45, 7) is 1.75. The van der Waals surface area contributed by atoms with Gasteiger partial charge in [-0.15, -0.1) is 0 Å². The second kappa shape index (κ2) is 3.48. The van der Waals surface area contributed by atoms with Crippen LogP contribution in [-0.2, 0) is 7.05 Å². The Labute approximate surface area is 92.1 Å². The van der Waals surface area contributed by atoms with Gasteiger partial charge in [0.2, 0.25) is 0 Å². The maximum absolute atomic E-state index is 11.2. The molecular formula is C12H11NO3. The van der Waals surface area contributed by atoms with E-state index in [-0.39, 0.29) is 5.56 Å². The maximum atomic E-state index is 11.2. The van der Waals surface area contributed by atoms with Gasteiger partial charge in [0.15, 0.2) is 6.29 Å². The lowest BCUT2D eigenvalue weighted by molar-refractivity contribution is 0.0697. The van der Waals surface area contributed by atoms with Gasteiger partial charge < -0.3 is 9.67 Å². The lowest BCUT2D eigenvalue weighted by Gasteiger charge is -2.05. The van der Waals surface area contributed by atoms with E-state index in [4.69, 9.17) is 5.11 Å². The number of benzene rings is 1. The summed E-state index contributed by atoms with van der Waals surface area (Å²) in [6.07, 6.45) is 2.38. The maximum Gasteiger partial charge on any atom is 0.338 e. The smallest absolute Gasteiger partial charge is 0.338 e. The average molecular weight is 217 g/mol. The van der Waals surface area contributed by atoms with E-state index in [2.05, 4.69) is 0 Å². The first-order valence-corrected chi connectivity index (χ1v) is 4.83. The monoisotopic (exact) mass is 217 g/mol. The van der Waals surface area contributed by atoms with Gasteiger partial charge in [-0.2, -0.15) is 0 Å². The number of carbonyl (C=O) groups excluding carboxylic acids is 1. The van der Waals surface area contributed by atoms with Crippen molar-refractivity contribution in [2.24, 2.45) is 7.05 Å².